The third-order valence-electron chi connectivity index (χ3n) is 1.09. The van der Waals surface area contributed by atoms with Crippen molar-refractivity contribution in [1.29, 1.82) is 0 Å². The summed E-state index contributed by atoms with van der Waals surface area (Å²) in [6, 6.07) is 0. The number of carbonyl (C=O) groups excluding carboxylic acids is 1. The van der Waals surface area contributed by atoms with E-state index in [1.165, 1.54) is 19.5 Å². The third kappa shape index (κ3) is 1.93. The van der Waals surface area contributed by atoms with E-state index in [2.05, 4.69) is 9.84 Å². The zero-order valence-corrected chi connectivity index (χ0v) is 6.10. The van der Waals surface area contributed by atoms with Gasteiger partial charge < -0.3 is 4.74 Å². The second-order valence-electron chi connectivity index (χ2n) is 1.81. The number of rotatable bonds is 0. The fraction of sp³-hybridized carbons (Fsp3) is 0.143. The Balaban J connectivity index is 2.67. The fourth-order valence-electron chi connectivity index (χ4n) is 0.595. The van der Waals surface area contributed by atoms with Crippen molar-refractivity contribution in [2.24, 2.45) is 5.10 Å². The van der Waals surface area contributed by atoms with Crippen LogP contribution in [0, 0.1) is 0 Å². The molecule has 4 heteroatoms. The molecule has 0 bridgehead atoms. The summed E-state index contributed by atoms with van der Waals surface area (Å²) in [4.78, 5) is 10.8. The molecule has 58 valence electrons. The highest BCUT2D eigenvalue weighted by molar-refractivity contribution is 5.76. The number of nitrogens with zero attached hydrogens (tertiary/aromatic N) is 2. The van der Waals surface area contributed by atoms with Gasteiger partial charge in [-0.05, 0) is 12.2 Å². The van der Waals surface area contributed by atoms with Gasteiger partial charge in [-0.1, -0.05) is 6.08 Å². The fourth-order valence-corrected chi connectivity index (χ4v) is 0.595. The van der Waals surface area contributed by atoms with Crippen LogP contribution in [0.25, 0.3) is 0 Å². The van der Waals surface area contributed by atoms with Gasteiger partial charge in [-0.15, -0.1) is 0 Å². The first-order chi connectivity index (χ1) is 5.34. The molecule has 0 unspecified atom stereocenters. The highest BCUT2D eigenvalue weighted by Crippen LogP contribution is 1.97. The zero-order chi connectivity index (χ0) is 8.10. The van der Waals surface area contributed by atoms with Crippen LogP contribution < -0.4 is 0 Å². The molecule has 11 heavy (non-hydrogen) atoms. The number of carbonyl (C=O) groups is 1. The van der Waals surface area contributed by atoms with E-state index in [1.807, 2.05) is 0 Å². The maximum absolute atomic E-state index is 10.8. The molecule has 4 nitrogen and oxygen atoms in total. The molecule has 0 aromatic heterocycles. The Morgan fingerprint density at radius 2 is 2.27 bits per heavy atom. The molecule has 1 aliphatic heterocycles. The van der Waals surface area contributed by atoms with E-state index < -0.39 is 6.09 Å². The summed E-state index contributed by atoms with van der Waals surface area (Å²) in [5.74, 6) is 0. The lowest BCUT2D eigenvalue weighted by Gasteiger charge is -2.07. The number of methoxy groups -OCH3 is 1. The first-order valence-electron chi connectivity index (χ1n) is 3.09. The second kappa shape index (κ2) is 3.55. The Hall–Kier alpha value is -1.58. The van der Waals surface area contributed by atoms with Crippen LogP contribution >= 0.6 is 0 Å². The van der Waals surface area contributed by atoms with Gasteiger partial charge in [0.25, 0.3) is 0 Å². The molecular formula is C7H8N2O2. The standard InChI is InChI=1S/C7H8N2O2/c1-11-7(10)9-6-4-2-3-5-8-9/h2-6H,1H3. The Kier molecular flexibility index (Phi) is 2.43. The number of amides is 1. The minimum atomic E-state index is -0.499. The molecular weight excluding hydrogens is 144 g/mol. The topological polar surface area (TPSA) is 41.9 Å². The van der Waals surface area contributed by atoms with Gasteiger partial charge in [-0.2, -0.15) is 10.1 Å². The van der Waals surface area contributed by atoms with Crippen molar-refractivity contribution < 1.29 is 9.53 Å². The van der Waals surface area contributed by atoms with E-state index in [9.17, 15) is 4.79 Å². The number of hydrazone groups is 1. The molecule has 0 aromatic rings. The van der Waals surface area contributed by atoms with E-state index in [0.717, 1.165) is 5.01 Å². The molecule has 0 fully saturated rings. The third-order valence-corrected chi connectivity index (χ3v) is 1.09. The predicted molar refractivity (Wildman–Crippen MR) is 41.0 cm³/mol. The van der Waals surface area contributed by atoms with Gasteiger partial charge in [-0.25, -0.2) is 4.79 Å². The van der Waals surface area contributed by atoms with E-state index >= 15 is 0 Å². The molecule has 1 aliphatic rings. The van der Waals surface area contributed by atoms with Gasteiger partial charge in [0.05, 0.1) is 7.11 Å². The Labute approximate surface area is 64.4 Å². The summed E-state index contributed by atoms with van der Waals surface area (Å²) in [7, 11) is 1.31. The minimum Gasteiger partial charge on any atom is -0.451 e. The Morgan fingerprint density at radius 1 is 1.45 bits per heavy atom. The van der Waals surface area contributed by atoms with E-state index in [1.54, 1.807) is 18.2 Å². The summed E-state index contributed by atoms with van der Waals surface area (Å²) in [5.41, 5.74) is 0. The molecule has 0 radical (unpaired) electrons. The summed E-state index contributed by atoms with van der Waals surface area (Å²) in [5, 5.41) is 4.87. The Bertz CT molecular complexity index is 215. The average Bonchev–Trinajstić information content (AvgIpc) is 2.30. The van der Waals surface area contributed by atoms with Gasteiger partial charge in [0.1, 0.15) is 0 Å². The summed E-state index contributed by atoms with van der Waals surface area (Å²) >= 11 is 0. The first kappa shape index (κ1) is 7.53. The first-order valence-corrected chi connectivity index (χ1v) is 3.09. The van der Waals surface area contributed by atoms with E-state index in [0.29, 0.717) is 0 Å². The lowest BCUT2D eigenvalue weighted by atomic mass is 10.5. The molecule has 0 saturated heterocycles. The molecule has 0 aliphatic carbocycles. The van der Waals surface area contributed by atoms with Crippen LogP contribution in [0.2, 0.25) is 0 Å². The number of ether oxygens (including phenoxy) is 1. The minimum absolute atomic E-state index is 0.499. The normalized spacial score (nSPS) is 14.8. The summed E-state index contributed by atoms with van der Waals surface area (Å²) < 4.78 is 4.44. The molecule has 1 heterocycles. The van der Waals surface area contributed by atoms with E-state index in [-0.39, 0.29) is 0 Å². The van der Waals surface area contributed by atoms with Gasteiger partial charge in [0.2, 0.25) is 0 Å². The zero-order valence-electron chi connectivity index (χ0n) is 6.10. The van der Waals surface area contributed by atoms with E-state index in [4.69, 9.17) is 0 Å². The van der Waals surface area contributed by atoms with Crippen molar-refractivity contribution in [2.75, 3.05) is 7.11 Å². The molecule has 0 atom stereocenters. The SMILES string of the molecule is COC(=O)N1C=CC=CC=N1. The van der Waals surface area contributed by atoms with Gasteiger partial charge in [-0.3, -0.25) is 0 Å². The number of allylic oxidation sites excluding steroid dienone is 3. The average molecular weight is 152 g/mol. The van der Waals surface area contributed by atoms with Crippen molar-refractivity contribution >= 4 is 12.3 Å². The quantitative estimate of drug-likeness (QED) is 0.522. The molecule has 0 spiro atoms. The van der Waals surface area contributed by atoms with Crippen molar-refractivity contribution in [1.82, 2.24) is 5.01 Å². The number of hydrogen-bond donors (Lipinski definition) is 0. The highest BCUT2D eigenvalue weighted by atomic mass is 16.5. The smallest absolute Gasteiger partial charge is 0.434 e. The largest absolute Gasteiger partial charge is 0.451 e. The summed E-state index contributed by atoms with van der Waals surface area (Å²) in [6.07, 6.45) is 7.72. The second-order valence-corrected chi connectivity index (χ2v) is 1.81. The highest BCUT2D eigenvalue weighted by Gasteiger charge is 2.07. The lowest BCUT2D eigenvalue weighted by molar-refractivity contribution is 0.141. The van der Waals surface area contributed by atoms with Crippen molar-refractivity contribution in [3.63, 3.8) is 0 Å². The van der Waals surface area contributed by atoms with Crippen LogP contribution in [0.4, 0.5) is 4.79 Å². The molecule has 0 aromatic carbocycles. The number of hydrogen-bond acceptors (Lipinski definition) is 3. The van der Waals surface area contributed by atoms with Crippen LogP contribution in [-0.2, 0) is 4.74 Å². The van der Waals surface area contributed by atoms with Crippen LogP contribution in [0.1, 0.15) is 0 Å². The molecule has 0 saturated carbocycles. The van der Waals surface area contributed by atoms with Crippen molar-refractivity contribution in [3.8, 4) is 0 Å². The van der Waals surface area contributed by atoms with Gasteiger partial charge >= 0.3 is 6.09 Å². The predicted octanol–water partition coefficient (Wildman–Crippen LogP) is 1.12. The van der Waals surface area contributed by atoms with Crippen LogP contribution in [-0.4, -0.2) is 24.4 Å². The van der Waals surface area contributed by atoms with Gasteiger partial charge in [0.15, 0.2) is 0 Å². The monoisotopic (exact) mass is 152 g/mol. The maximum Gasteiger partial charge on any atom is 0.434 e. The Morgan fingerprint density at radius 3 is 3.00 bits per heavy atom. The van der Waals surface area contributed by atoms with Gasteiger partial charge in [0, 0.05) is 12.4 Å². The van der Waals surface area contributed by atoms with Crippen LogP contribution in [0.5, 0.6) is 0 Å². The maximum atomic E-state index is 10.8. The van der Waals surface area contributed by atoms with Crippen LogP contribution in [0.15, 0.2) is 29.5 Å². The molecule has 1 rings (SSSR count). The van der Waals surface area contributed by atoms with Crippen molar-refractivity contribution in [2.45, 2.75) is 0 Å². The van der Waals surface area contributed by atoms with Crippen molar-refractivity contribution in [3.05, 3.63) is 24.4 Å². The molecule has 1 amide bonds. The van der Waals surface area contributed by atoms with Crippen LogP contribution in [0.3, 0.4) is 0 Å². The molecule has 0 N–H and O–H groups in total. The lowest BCUT2D eigenvalue weighted by Crippen LogP contribution is -2.19. The summed E-state index contributed by atoms with van der Waals surface area (Å²) in [6.45, 7) is 0.